The Bertz CT molecular complexity index is 854. The van der Waals surface area contributed by atoms with Crippen LogP contribution in [0.15, 0.2) is 42.5 Å². The smallest absolute Gasteiger partial charge is 0.247 e. The summed E-state index contributed by atoms with van der Waals surface area (Å²) in [5, 5.41) is 0. The van der Waals surface area contributed by atoms with E-state index in [1.54, 1.807) is 7.05 Å². The maximum atomic E-state index is 12.7. The standard InChI is InChI=1S/C19H24N2O3S/c1-14-11-15(2)19(16(3)12-14)21(25(5,23)24)13-18(22)20(4)17-9-7-6-8-10-17/h6-12H,13H2,1-5H3. The van der Waals surface area contributed by atoms with Crippen molar-refractivity contribution >= 4 is 27.3 Å². The first-order chi connectivity index (χ1) is 11.6. The van der Waals surface area contributed by atoms with Crippen molar-refractivity contribution < 1.29 is 13.2 Å². The molecule has 0 N–H and O–H groups in total. The Kier molecular flexibility index (Phi) is 5.52. The zero-order valence-electron chi connectivity index (χ0n) is 15.3. The van der Waals surface area contributed by atoms with E-state index in [-0.39, 0.29) is 12.5 Å². The molecule has 134 valence electrons. The van der Waals surface area contributed by atoms with E-state index in [0.29, 0.717) is 5.69 Å². The number of benzene rings is 2. The number of anilines is 2. The maximum Gasteiger partial charge on any atom is 0.247 e. The minimum absolute atomic E-state index is 0.241. The molecule has 0 spiro atoms. The number of nitrogens with zero attached hydrogens (tertiary/aromatic N) is 2. The lowest BCUT2D eigenvalue weighted by Crippen LogP contribution is -2.42. The Labute approximate surface area is 149 Å². The Balaban J connectivity index is 2.39. The van der Waals surface area contributed by atoms with Crippen molar-refractivity contribution in [2.75, 3.05) is 29.1 Å². The number of hydrogen-bond acceptors (Lipinski definition) is 3. The van der Waals surface area contributed by atoms with Crippen LogP contribution in [0.2, 0.25) is 0 Å². The van der Waals surface area contributed by atoms with Gasteiger partial charge < -0.3 is 4.90 Å². The summed E-state index contributed by atoms with van der Waals surface area (Å²) >= 11 is 0. The van der Waals surface area contributed by atoms with Crippen LogP contribution >= 0.6 is 0 Å². The summed E-state index contributed by atoms with van der Waals surface area (Å²) in [6, 6.07) is 13.0. The number of hydrogen-bond donors (Lipinski definition) is 0. The number of carbonyl (C=O) groups is 1. The van der Waals surface area contributed by atoms with E-state index in [0.717, 1.165) is 28.6 Å². The Morgan fingerprint density at radius 1 is 1.00 bits per heavy atom. The third-order valence-electron chi connectivity index (χ3n) is 4.08. The normalized spacial score (nSPS) is 11.2. The van der Waals surface area contributed by atoms with Gasteiger partial charge in [-0.3, -0.25) is 9.10 Å². The van der Waals surface area contributed by atoms with Crippen molar-refractivity contribution in [3.05, 3.63) is 59.2 Å². The summed E-state index contributed by atoms with van der Waals surface area (Å²) in [7, 11) is -1.95. The molecule has 1 amide bonds. The van der Waals surface area contributed by atoms with Crippen LogP contribution in [0.4, 0.5) is 11.4 Å². The molecule has 0 aliphatic rings. The number of rotatable bonds is 5. The van der Waals surface area contributed by atoms with Crippen LogP contribution in [0.25, 0.3) is 0 Å². The van der Waals surface area contributed by atoms with Gasteiger partial charge in [0.25, 0.3) is 0 Å². The third-order valence-corrected chi connectivity index (χ3v) is 5.19. The van der Waals surface area contributed by atoms with Crippen LogP contribution in [0.1, 0.15) is 16.7 Å². The van der Waals surface area contributed by atoms with Crippen LogP contribution in [-0.2, 0) is 14.8 Å². The highest BCUT2D eigenvalue weighted by molar-refractivity contribution is 7.92. The van der Waals surface area contributed by atoms with E-state index in [2.05, 4.69) is 0 Å². The van der Waals surface area contributed by atoms with Gasteiger partial charge >= 0.3 is 0 Å². The minimum Gasteiger partial charge on any atom is -0.314 e. The van der Waals surface area contributed by atoms with Gasteiger partial charge in [-0.05, 0) is 44.0 Å². The number of sulfonamides is 1. The van der Waals surface area contributed by atoms with Crippen molar-refractivity contribution in [3.63, 3.8) is 0 Å². The molecule has 0 radical (unpaired) electrons. The van der Waals surface area contributed by atoms with Gasteiger partial charge in [0.15, 0.2) is 0 Å². The number of aryl methyl sites for hydroxylation is 3. The molecule has 0 saturated carbocycles. The molecule has 0 atom stereocenters. The second-order valence-corrected chi connectivity index (χ2v) is 8.21. The van der Waals surface area contributed by atoms with Gasteiger partial charge in [-0.15, -0.1) is 0 Å². The maximum absolute atomic E-state index is 12.7. The van der Waals surface area contributed by atoms with Crippen LogP contribution in [0.5, 0.6) is 0 Å². The lowest BCUT2D eigenvalue weighted by molar-refractivity contribution is -0.116. The van der Waals surface area contributed by atoms with E-state index >= 15 is 0 Å². The van der Waals surface area contributed by atoms with E-state index < -0.39 is 10.0 Å². The molecule has 0 aliphatic carbocycles. The van der Waals surface area contributed by atoms with Crippen molar-refractivity contribution in [3.8, 4) is 0 Å². The molecule has 0 bridgehead atoms. The highest BCUT2D eigenvalue weighted by atomic mass is 32.2. The SMILES string of the molecule is Cc1cc(C)c(N(CC(=O)N(C)c2ccccc2)S(C)(=O)=O)c(C)c1. The van der Waals surface area contributed by atoms with Crippen LogP contribution in [0, 0.1) is 20.8 Å². The molecule has 5 nitrogen and oxygen atoms in total. The predicted octanol–water partition coefficient (Wildman–Crippen LogP) is 3.04. The van der Waals surface area contributed by atoms with Crippen molar-refractivity contribution in [2.45, 2.75) is 20.8 Å². The van der Waals surface area contributed by atoms with E-state index in [9.17, 15) is 13.2 Å². The molecule has 0 aromatic heterocycles. The molecule has 2 aromatic carbocycles. The third kappa shape index (κ3) is 4.39. The van der Waals surface area contributed by atoms with Gasteiger partial charge in [0.05, 0.1) is 11.9 Å². The van der Waals surface area contributed by atoms with Gasteiger partial charge in [0, 0.05) is 12.7 Å². The van der Waals surface area contributed by atoms with E-state index in [4.69, 9.17) is 0 Å². The molecule has 25 heavy (non-hydrogen) atoms. The average molecular weight is 360 g/mol. The summed E-state index contributed by atoms with van der Waals surface area (Å²) in [6.45, 7) is 5.44. The highest BCUT2D eigenvalue weighted by Gasteiger charge is 2.25. The number of likely N-dealkylation sites (N-methyl/N-ethyl adjacent to an activating group) is 1. The average Bonchev–Trinajstić information content (AvgIpc) is 2.52. The number of amides is 1. The quantitative estimate of drug-likeness (QED) is 0.823. The summed E-state index contributed by atoms with van der Waals surface area (Å²) in [5.41, 5.74) is 4.01. The van der Waals surface area contributed by atoms with Gasteiger partial charge in [-0.25, -0.2) is 8.42 Å². The zero-order valence-corrected chi connectivity index (χ0v) is 16.1. The van der Waals surface area contributed by atoms with Crippen LogP contribution in [-0.4, -0.2) is 34.2 Å². The molecule has 0 aliphatic heterocycles. The van der Waals surface area contributed by atoms with Crippen LogP contribution < -0.4 is 9.21 Å². The van der Waals surface area contributed by atoms with Crippen molar-refractivity contribution in [2.24, 2.45) is 0 Å². The fourth-order valence-electron chi connectivity index (χ4n) is 2.95. The topological polar surface area (TPSA) is 57.7 Å². The minimum atomic E-state index is -3.60. The first kappa shape index (κ1) is 19.0. The fraction of sp³-hybridized carbons (Fsp3) is 0.316. The van der Waals surface area contributed by atoms with E-state index in [1.807, 2.05) is 63.2 Å². The molecular weight excluding hydrogens is 336 g/mol. The summed E-state index contributed by atoms with van der Waals surface area (Å²) in [4.78, 5) is 14.2. The second kappa shape index (κ2) is 7.27. The predicted molar refractivity (Wildman–Crippen MR) is 103 cm³/mol. The fourth-order valence-corrected chi connectivity index (χ4v) is 3.92. The number of carbonyl (C=O) groups excluding carboxylic acids is 1. The Morgan fingerprint density at radius 3 is 2.00 bits per heavy atom. The first-order valence-electron chi connectivity index (χ1n) is 7.98. The molecule has 0 heterocycles. The molecule has 0 fully saturated rings. The summed E-state index contributed by atoms with van der Waals surface area (Å²) in [6.07, 6.45) is 1.13. The molecule has 2 aromatic rings. The first-order valence-corrected chi connectivity index (χ1v) is 9.83. The van der Waals surface area contributed by atoms with Gasteiger partial charge in [-0.2, -0.15) is 0 Å². The number of para-hydroxylation sites is 1. The second-order valence-electron chi connectivity index (χ2n) is 6.31. The van der Waals surface area contributed by atoms with Gasteiger partial charge in [0.1, 0.15) is 6.54 Å². The zero-order chi connectivity index (χ0) is 18.8. The Hall–Kier alpha value is -2.34. The van der Waals surface area contributed by atoms with Crippen molar-refractivity contribution in [1.82, 2.24) is 0 Å². The lowest BCUT2D eigenvalue weighted by Gasteiger charge is -2.28. The lowest BCUT2D eigenvalue weighted by atomic mass is 10.1. The molecule has 0 saturated heterocycles. The molecule has 0 unspecified atom stereocenters. The van der Waals surface area contributed by atoms with Crippen molar-refractivity contribution in [1.29, 1.82) is 0 Å². The highest BCUT2D eigenvalue weighted by Crippen LogP contribution is 2.28. The largest absolute Gasteiger partial charge is 0.314 e. The summed E-state index contributed by atoms with van der Waals surface area (Å²) in [5.74, 6) is -0.295. The summed E-state index contributed by atoms with van der Waals surface area (Å²) < 4.78 is 25.9. The Morgan fingerprint density at radius 2 is 1.52 bits per heavy atom. The molecule has 6 heteroatoms. The van der Waals surface area contributed by atoms with Crippen LogP contribution in [0.3, 0.4) is 0 Å². The monoisotopic (exact) mass is 360 g/mol. The van der Waals surface area contributed by atoms with Gasteiger partial charge in [0.2, 0.25) is 15.9 Å². The van der Waals surface area contributed by atoms with E-state index in [1.165, 1.54) is 9.21 Å². The molecule has 2 rings (SSSR count). The van der Waals surface area contributed by atoms with Gasteiger partial charge in [-0.1, -0.05) is 35.9 Å². The molecular formula is C19H24N2O3S.